The van der Waals surface area contributed by atoms with Crippen LogP contribution in [-0.4, -0.2) is 126 Å². The summed E-state index contributed by atoms with van der Waals surface area (Å²) >= 11 is 0. The number of nitrogens with zero attached hydrogens (tertiary/aromatic N) is 7. The predicted octanol–water partition coefficient (Wildman–Crippen LogP) is 4.85. The number of aryl methyl sites for hydroxylation is 2. The predicted molar refractivity (Wildman–Crippen MR) is 253 cm³/mol. The number of anilines is 6. The maximum atomic E-state index is 13.6. The van der Waals surface area contributed by atoms with Crippen LogP contribution in [0.3, 0.4) is 0 Å². The monoisotopic (exact) mass is 902 g/mol. The Labute approximate surface area is 383 Å². The second-order valence-corrected chi connectivity index (χ2v) is 16.4. The molecule has 1 saturated carbocycles. The highest BCUT2D eigenvalue weighted by molar-refractivity contribution is 6.10. The van der Waals surface area contributed by atoms with Crippen LogP contribution < -0.4 is 37.0 Å². The highest BCUT2D eigenvalue weighted by atomic mass is 16.5. The molecular weight excluding hydrogens is 845 g/mol. The number of rotatable bonds is 20. The van der Waals surface area contributed by atoms with Crippen molar-refractivity contribution in [2.24, 2.45) is 0 Å². The first-order chi connectivity index (χ1) is 32.0. The van der Waals surface area contributed by atoms with Crippen molar-refractivity contribution in [1.82, 2.24) is 34.7 Å². The van der Waals surface area contributed by atoms with Crippen LogP contribution in [-0.2, 0) is 19.1 Å². The molecule has 5 heterocycles. The van der Waals surface area contributed by atoms with Crippen LogP contribution in [0.2, 0.25) is 0 Å². The molecule has 1 aliphatic carbocycles. The van der Waals surface area contributed by atoms with Crippen molar-refractivity contribution in [2.45, 2.75) is 58.9 Å². The maximum absolute atomic E-state index is 13.6. The minimum absolute atomic E-state index is 0.00834. The van der Waals surface area contributed by atoms with Crippen molar-refractivity contribution in [2.75, 3.05) is 98.9 Å². The van der Waals surface area contributed by atoms with E-state index in [0.717, 1.165) is 55.7 Å². The number of hydrogen-bond acceptors (Lipinski definition) is 15. The molecule has 19 nitrogen and oxygen atoms in total. The molecule has 1 aromatic carbocycles. The number of pyridine rings is 3. The Morgan fingerprint density at radius 3 is 2.24 bits per heavy atom. The quantitative estimate of drug-likeness (QED) is 0.0520. The number of benzene rings is 1. The van der Waals surface area contributed by atoms with Gasteiger partial charge in [0.2, 0.25) is 17.8 Å². The van der Waals surface area contributed by atoms with Crippen LogP contribution in [0.4, 0.5) is 34.6 Å². The third kappa shape index (κ3) is 12.1. The number of amides is 3. The van der Waals surface area contributed by atoms with Crippen molar-refractivity contribution in [1.29, 1.82) is 0 Å². The Morgan fingerprint density at radius 1 is 0.803 bits per heavy atom. The van der Waals surface area contributed by atoms with Gasteiger partial charge in [0.25, 0.3) is 11.5 Å². The molecule has 1 saturated heterocycles. The Hall–Kier alpha value is -6.83. The molecular formula is C47H58N12O7. The third-order valence-electron chi connectivity index (χ3n) is 11.7. The van der Waals surface area contributed by atoms with E-state index in [1.54, 1.807) is 61.4 Å². The molecule has 0 bridgehead atoms. The van der Waals surface area contributed by atoms with Gasteiger partial charge in [-0.05, 0) is 81.1 Å². The molecule has 5 N–H and O–H groups in total. The first kappa shape index (κ1) is 47.1. The van der Waals surface area contributed by atoms with E-state index in [1.807, 2.05) is 25.1 Å². The maximum Gasteiger partial charge on any atom is 0.263 e. The first-order valence-electron chi connectivity index (χ1n) is 22.4. The molecule has 0 unspecified atom stereocenters. The molecule has 4 aromatic heterocycles. The molecule has 0 spiro atoms. The molecule has 0 radical (unpaired) electrons. The molecule has 66 heavy (non-hydrogen) atoms. The molecule has 5 aromatic rings. The average molecular weight is 903 g/mol. The lowest BCUT2D eigenvalue weighted by Gasteiger charge is -2.35. The number of fused-ring (bicyclic) bond motifs is 1. The molecule has 0 atom stereocenters. The molecule has 3 amide bonds. The fourth-order valence-electron chi connectivity index (χ4n) is 8.18. The van der Waals surface area contributed by atoms with E-state index in [4.69, 9.17) is 14.5 Å². The normalized spacial score (nSPS) is 14.3. The van der Waals surface area contributed by atoms with E-state index in [-0.39, 0.29) is 60.9 Å². The van der Waals surface area contributed by atoms with Gasteiger partial charge in [-0.15, -0.1) is 0 Å². The minimum Gasteiger partial charge on any atom is -0.388 e. The summed E-state index contributed by atoms with van der Waals surface area (Å²) in [6.07, 6.45) is 8.99. The summed E-state index contributed by atoms with van der Waals surface area (Å²) in [6, 6.07) is 12.5. The summed E-state index contributed by atoms with van der Waals surface area (Å²) in [6.45, 7) is 9.70. The highest BCUT2D eigenvalue weighted by Crippen LogP contribution is 2.32. The molecule has 2 aliphatic rings. The minimum atomic E-state index is -0.396. The van der Waals surface area contributed by atoms with Gasteiger partial charge in [0.1, 0.15) is 17.3 Å². The number of ether oxygens (including phenoxy) is 2. The smallest absolute Gasteiger partial charge is 0.263 e. The van der Waals surface area contributed by atoms with Crippen LogP contribution in [0.25, 0.3) is 11.0 Å². The molecule has 7 rings (SSSR count). The molecule has 2 fully saturated rings. The van der Waals surface area contributed by atoms with E-state index in [9.17, 15) is 24.0 Å². The van der Waals surface area contributed by atoms with Gasteiger partial charge in [0.15, 0.2) is 5.78 Å². The molecule has 348 valence electrons. The number of ketones is 1. The van der Waals surface area contributed by atoms with Gasteiger partial charge in [0, 0.05) is 69.3 Å². The van der Waals surface area contributed by atoms with Gasteiger partial charge in [-0.3, -0.25) is 33.4 Å². The average Bonchev–Trinajstić information content (AvgIpc) is 3.84. The zero-order valence-corrected chi connectivity index (χ0v) is 37.9. The number of nitrogens with one attached hydrogen (secondary N) is 5. The Morgan fingerprint density at radius 2 is 1.55 bits per heavy atom. The summed E-state index contributed by atoms with van der Waals surface area (Å²) in [7, 11) is 1.75. The van der Waals surface area contributed by atoms with E-state index in [1.165, 1.54) is 6.92 Å². The number of aromatic nitrogens is 5. The molecule has 1 aliphatic heterocycles. The van der Waals surface area contributed by atoms with E-state index >= 15 is 0 Å². The third-order valence-corrected chi connectivity index (χ3v) is 11.7. The van der Waals surface area contributed by atoms with E-state index in [2.05, 4.69) is 51.3 Å². The topological polar surface area (TPSA) is 227 Å². The summed E-state index contributed by atoms with van der Waals surface area (Å²) in [5.74, 6) is 0.243. The Balaban J connectivity index is 0.770. The van der Waals surface area contributed by atoms with Crippen LogP contribution >= 0.6 is 0 Å². The largest absolute Gasteiger partial charge is 0.388 e. The summed E-state index contributed by atoms with van der Waals surface area (Å²) in [5.41, 5.74) is 4.35. The molecule has 19 heteroatoms. The lowest BCUT2D eigenvalue weighted by atomic mass is 10.0. The summed E-state index contributed by atoms with van der Waals surface area (Å²) in [5, 5.41) is 15.4. The van der Waals surface area contributed by atoms with Crippen molar-refractivity contribution in [3.05, 3.63) is 93.7 Å². The van der Waals surface area contributed by atoms with Crippen molar-refractivity contribution in [3.8, 4) is 0 Å². The number of Topliss-reactive ketones (excluding diaryl/α,β-unsaturated/α-hetero) is 1. The zero-order chi connectivity index (χ0) is 46.6. The van der Waals surface area contributed by atoms with Crippen LogP contribution in [0.5, 0.6) is 0 Å². The summed E-state index contributed by atoms with van der Waals surface area (Å²) < 4.78 is 12.9. The lowest BCUT2D eigenvalue weighted by Crippen LogP contribution is -2.49. The fraction of sp³-hybridized carbons (Fsp3) is 0.426. The van der Waals surface area contributed by atoms with E-state index in [0.29, 0.717) is 78.3 Å². The lowest BCUT2D eigenvalue weighted by molar-refractivity contribution is -0.122. The summed E-state index contributed by atoms with van der Waals surface area (Å²) in [4.78, 5) is 86.9. The van der Waals surface area contributed by atoms with Crippen molar-refractivity contribution < 1.29 is 28.7 Å². The van der Waals surface area contributed by atoms with Crippen molar-refractivity contribution in [3.63, 3.8) is 0 Å². The number of hydrogen-bond donors (Lipinski definition) is 5. The van der Waals surface area contributed by atoms with Crippen LogP contribution in [0.15, 0.2) is 65.8 Å². The number of carbonyl (C=O) groups is 4. The van der Waals surface area contributed by atoms with Gasteiger partial charge in [-0.2, -0.15) is 4.98 Å². The van der Waals surface area contributed by atoms with Crippen LogP contribution in [0.1, 0.15) is 76.9 Å². The zero-order valence-electron chi connectivity index (χ0n) is 37.9. The van der Waals surface area contributed by atoms with Gasteiger partial charge < -0.3 is 41.0 Å². The van der Waals surface area contributed by atoms with Gasteiger partial charge >= 0.3 is 0 Å². The second kappa shape index (κ2) is 22.4. The highest BCUT2D eigenvalue weighted by Gasteiger charge is 2.26. The van der Waals surface area contributed by atoms with Gasteiger partial charge in [-0.1, -0.05) is 18.9 Å². The van der Waals surface area contributed by atoms with Crippen LogP contribution in [0, 0.1) is 13.8 Å². The van der Waals surface area contributed by atoms with E-state index < -0.39 is 5.91 Å². The SMILES string of the molecule is CNc1ccc(C(=O)Nc2ccc(C)cn2)c(NC(=O)CCOCCOCCNC(=O)CN2CCN(c3ccc(Nc4ncc5c(C)c(C(C)=O)c(=O)n(C6CCCC6)c5n4)nc3)CC2)c1. The fourth-order valence-corrected chi connectivity index (χ4v) is 8.18. The Kier molecular flexibility index (Phi) is 16.0. The van der Waals surface area contributed by atoms with Crippen molar-refractivity contribution >= 4 is 69.2 Å². The first-order valence-corrected chi connectivity index (χ1v) is 22.4. The standard InChI is InChI=1S/C47H58N12O7/c1-30-9-13-39(50-26-30)54-45(63)36-12-10-33(48-4)25-38(36)53-41(61)15-21-65-23-24-66-22-16-49-42(62)29-57-17-19-58(20-18-57)35-11-14-40(51-27-35)55-47-52-28-37-31(2)43(32(3)60)46(64)59(44(37)56-47)34-7-5-6-8-34/h9-14,25-28,34,48H,5-8,15-24,29H2,1-4H3,(H,49,62)(H,53,61)(H,50,54,63)(H,51,52,55,56). The number of carbonyl (C=O) groups excluding carboxylic acids is 4. The second-order valence-electron chi connectivity index (χ2n) is 16.4. The Bertz CT molecular complexity index is 2570. The van der Waals surface area contributed by atoms with Gasteiger partial charge in [0.05, 0.1) is 68.1 Å². The van der Waals surface area contributed by atoms with Gasteiger partial charge in [-0.25, -0.2) is 15.0 Å². The number of piperazine rings is 1.